The van der Waals surface area contributed by atoms with Gasteiger partial charge in [-0.1, -0.05) is 79.9 Å². The van der Waals surface area contributed by atoms with Crippen molar-refractivity contribution >= 4 is 10.9 Å². The highest BCUT2D eigenvalue weighted by Gasteiger charge is 2.22. The molecule has 0 aromatic heterocycles. The third-order valence-electron chi connectivity index (χ3n) is 4.30. The number of hydrogen-bond donors (Lipinski definition) is 1. The number of benzene rings is 2. The van der Waals surface area contributed by atoms with Crippen LogP contribution in [0.5, 0.6) is 0 Å². The molecule has 0 aliphatic heterocycles. The molecule has 1 aliphatic carbocycles. The van der Waals surface area contributed by atoms with Gasteiger partial charge in [0.05, 0.1) is 0 Å². The van der Waals surface area contributed by atoms with E-state index in [1.54, 1.807) is 4.90 Å². The maximum atomic E-state index is 2.35. The summed E-state index contributed by atoms with van der Waals surface area (Å²) in [6, 6.07) is 22.3. The summed E-state index contributed by atoms with van der Waals surface area (Å²) in [6.45, 7) is 0. The van der Waals surface area contributed by atoms with Crippen molar-refractivity contribution in [2.75, 3.05) is 0 Å². The summed E-state index contributed by atoms with van der Waals surface area (Å²) in [5, 5.41) is 0.932. The summed E-state index contributed by atoms with van der Waals surface area (Å²) in [6.07, 6.45) is 7.19. The lowest BCUT2D eigenvalue weighted by atomic mass is 10.0. The molecule has 0 heterocycles. The van der Waals surface area contributed by atoms with Crippen molar-refractivity contribution in [2.45, 2.75) is 48.0 Å². The van der Waals surface area contributed by atoms with E-state index in [0.29, 0.717) is 0 Å². The molecule has 106 valence electrons. The van der Waals surface area contributed by atoms with E-state index in [1.807, 2.05) is 0 Å². The molecular weight excluding hydrogens is 260 g/mol. The fourth-order valence-corrected chi connectivity index (χ4v) is 6.23. The molecule has 2 aromatic rings. The van der Waals surface area contributed by atoms with Gasteiger partial charge in [0.1, 0.15) is 0 Å². The second-order valence-electron chi connectivity index (χ2n) is 5.74. The molecule has 1 fully saturated rings. The summed E-state index contributed by atoms with van der Waals surface area (Å²) in [5.74, 6) is 1.25. The topological polar surface area (TPSA) is 0 Å². The third kappa shape index (κ3) is 3.46. The average molecular weight is 284 g/mol. The Morgan fingerprint density at radius 1 is 0.750 bits per heavy atom. The van der Waals surface area contributed by atoms with Crippen LogP contribution >= 0.6 is 10.9 Å². The molecule has 1 heteroatoms. The molecule has 1 aliphatic rings. The highest BCUT2D eigenvalue weighted by Crippen LogP contribution is 2.48. The fraction of sp³-hybridized carbons (Fsp3) is 0.368. The van der Waals surface area contributed by atoms with E-state index in [9.17, 15) is 0 Å². The molecular formula is C19H24S. The number of rotatable bonds is 4. The predicted octanol–water partition coefficient (Wildman–Crippen LogP) is 5.58. The largest absolute Gasteiger partial charge is 0.220 e. The molecule has 3 rings (SSSR count). The van der Waals surface area contributed by atoms with Crippen LogP contribution in [0.15, 0.2) is 65.6 Å². The summed E-state index contributed by atoms with van der Waals surface area (Å²) in [7, 11) is -0.0502. The Morgan fingerprint density at radius 2 is 1.35 bits per heavy atom. The first-order valence-electron chi connectivity index (χ1n) is 7.79. The molecule has 0 saturated heterocycles. The van der Waals surface area contributed by atoms with Crippen molar-refractivity contribution in [3.63, 3.8) is 0 Å². The maximum absolute atomic E-state index is 2.35. The van der Waals surface area contributed by atoms with Crippen molar-refractivity contribution in [1.29, 1.82) is 0 Å². The Morgan fingerprint density at radius 3 is 2.00 bits per heavy atom. The van der Waals surface area contributed by atoms with Crippen LogP contribution in [-0.4, -0.2) is 5.25 Å². The predicted molar refractivity (Wildman–Crippen MR) is 90.7 cm³/mol. The van der Waals surface area contributed by atoms with Gasteiger partial charge in [-0.15, -0.1) is 0 Å². The van der Waals surface area contributed by atoms with Gasteiger partial charge in [0, 0.05) is 5.75 Å². The van der Waals surface area contributed by atoms with Gasteiger partial charge < -0.3 is 0 Å². The van der Waals surface area contributed by atoms with Crippen molar-refractivity contribution < 1.29 is 0 Å². The SMILES string of the molecule is c1ccc(C[SH](c2ccccc2)C2CCCCC2)cc1. The molecule has 1 saturated carbocycles. The molecule has 2 aromatic carbocycles. The molecule has 0 bridgehead atoms. The zero-order valence-corrected chi connectivity index (χ0v) is 12.9. The van der Waals surface area contributed by atoms with Crippen molar-refractivity contribution in [3.8, 4) is 0 Å². The zero-order chi connectivity index (χ0) is 13.6. The maximum Gasteiger partial charge on any atom is 0.00408 e. The Balaban J connectivity index is 1.83. The van der Waals surface area contributed by atoms with Gasteiger partial charge in [-0.05, 0) is 28.6 Å². The second kappa shape index (κ2) is 6.99. The molecule has 0 nitrogen and oxygen atoms in total. The van der Waals surface area contributed by atoms with Gasteiger partial charge in [0.2, 0.25) is 0 Å². The first-order chi connectivity index (χ1) is 9.93. The Kier molecular flexibility index (Phi) is 4.81. The van der Waals surface area contributed by atoms with E-state index < -0.39 is 0 Å². The van der Waals surface area contributed by atoms with Gasteiger partial charge in [0.25, 0.3) is 0 Å². The minimum Gasteiger partial charge on any atom is -0.220 e. The van der Waals surface area contributed by atoms with Crippen LogP contribution in [0.1, 0.15) is 37.7 Å². The van der Waals surface area contributed by atoms with Crippen molar-refractivity contribution in [2.24, 2.45) is 0 Å². The normalized spacial score (nSPS) is 18.7. The molecule has 0 amide bonds. The summed E-state index contributed by atoms with van der Waals surface area (Å²) in [4.78, 5) is 1.60. The third-order valence-corrected chi connectivity index (χ3v) is 7.36. The number of thiol groups is 1. The van der Waals surface area contributed by atoms with Gasteiger partial charge in [-0.3, -0.25) is 0 Å². The summed E-state index contributed by atoms with van der Waals surface area (Å²) < 4.78 is 0. The lowest BCUT2D eigenvalue weighted by Crippen LogP contribution is -2.14. The van der Waals surface area contributed by atoms with Crippen LogP contribution in [-0.2, 0) is 5.75 Å². The van der Waals surface area contributed by atoms with E-state index >= 15 is 0 Å². The second-order valence-corrected chi connectivity index (χ2v) is 8.24. The standard InChI is InChI=1S/C19H24S/c1-4-10-17(11-5-1)16-20(18-12-6-2-7-13-18)19-14-8-3-9-15-19/h1-2,4-7,10-13,19-20H,3,8-9,14-16H2. The van der Waals surface area contributed by atoms with Gasteiger partial charge in [0.15, 0.2) is 0 Å². The average Bonchev–Trinajstić information content (AvgIpc) is 2.55. The van der Waals surface area contributed by atoms with E-state index in [-0.39, 0.29) is 10.9 Å². The van der Waals surface area contributed by atoms with E-state index in [1.165, 1.54) is 43.4 Å². The van der Waals surface area contributed by atoms with Gasteiger partial charge >= 0.3 is 0 Å². The van der Waals surface area contributed by atoms with Crippen LogP contribution in [0.4, 0.5) is 0 Å². The molecule has 0 radical (unpaired) electrons. The fourth-order valence-electron chi connectivity index (χ4n) is 3.22. The monoisotopic (exact) mass is 284 g/mol. The molecule has 0 N–H and O–H groups in total. The zero-order valence-electron chi connectivity index (χ0n) is 12.0. The minimum absolute atomic E-state index is 0.0502. The van der Waals surface area contributed by atoms with Crippen LogP contribution in [0.25, 0.3) is 0 Å². The van der Waals surface area contributed by atoms with Gasteiger partial charge in [-0.25, -0.2) is 10.9 Å². The first kappa shape index (κ1) is 13.8. The van der Waals surface area contributed by atoms with Gasteiger partial charge in [-0.2, -0.15) is 0 Å². The lowest BCUT2D eigenvalue weighted by molar-refractivity contribution is 0.513. The van der Waals surface area contributed by atoms with Crippen molar-refractivity contribution in [1.82, 2.24) is 0 Å². The molecule has 1 unspecified atom stereocenters. The lowest BCUT2D eigenvalue weighted by Gasteiger charge is -2.34. The summed E-state index contributed by atoms with van der Waals surface area (Å²) >= 11 is 0. The smallest absolute Gasteiger partial charge is 0.00408 e. The molecule has 20 heavy (non-hydrogen) atoms. The Bertz CT molecular complexity index is 500. The van der Waals surface area contributed by atoms with E-state index in [4.69, 9.17) is 0 Å². The van der Waals surface area contributed by atoms with E-state index in [2.05, 4.69) is 60.7 Å². The van der Waals surface area contributed by atoms with Crippen LogP contribution in [0, 0.1) is 0 Å². The van der Waals surface area contributed by atoms with Crippen LogP contribution < -0.4 is 0 Å². The Labute approximate surface area is 125 Å². The quantitative estimate of drug-likeness (QED) is 0.696. The highest BCUT2D eigenvalue weighted by molar-refractivity contribution is 8.16. The van der Waals surface area contributed by atoms with Crippen LogP contribution in [0.2, 0.25) is 0 Å². The van der Waals surface area contributed by atoms with E-state index in [0.717, 1.165) is 5.25 Å². The molecule has 1 atom stereocenters. The summed E-state index contributed by atoms with van der Waals surface area (Å²) in [5.41, 5.74) is 1.51. The minimum atomic E-state index is -0.0502. The van der Waals surface area contributed by atoms with Crippen molar-refractivity contribution in [3.05, 3.63) is 66.2 Å². The highest BCUT2D eigenvalue weighted by atomic mass is 32.2. The molecule has 0 spiro atoms. The number of hydrogen-bond acceptors (Lipinski definition) is 0. The Hall–Kier alpha value is -1.21. The first-order valence-corrected chi connectivity index (χ1v) is 9.39. The van der Waals surface area contributed by atoms with Crippen LogP contribution in [0.3, 0.4) is 0 Å².